The van der Waals surface area contributed by atoms with E-state index in [1.54, 1.807) is 11.8 Å². The number of halogens is 4. The van der Waals surface area contributed by atoms with Crippen molar-refractivity contribution in [2.24, 2.45) is 0 Å². The predicted molar refractivity (Wildman–Crippen MR) is 146 cm³/mol. The van der Waals surface area contributed by atoms with E-state index in [1.165, 1.54) is 29.0 Å². The number of fused-ring (bicyclic) bond motifs is 1. The van der Waals surface area contributed by atoms with E-state index in [0.717, 1.165) is 61.1 Å². The monoisotopic (exact) mass is 618 g/mol. The van der Waals surface area contributed by atoms with E-state index in [0.29, 0.717) is 0 Å². The number of nitrogens with zero attached hydrogens (tertiary/aromatic N) is 2. The van der Waals surface area contributed by atoms with Crippen LogP contribution >= 0.6 is 55.2 Å². The highest BCUT2D eigenvalue weighted by Gasteiger charge is 2.30. The van der Waals surface area contributed by atoms with Gasteiger partial charge in [0.2, 0.25) is 0 Å². The van der Waals surface area contributed by atoms with Gasteiger partial charge in [0.1, 0.15) is 5.82 Å². The van der Waals surface area contributed by atoms with Gasteiger partial charge in [-0.15, -0.1) is 0 Å². The first-order valence-corrected chi connectivity index (χ1v) is 14.1. The number of rotatable bonds is 5. The number of hydrogen-bond acceptors (Lipinski definition) is 2. The minimum absolute atomic E-state index is 0.210. The molecule has 0 saturated carbocycles. The zero-order valence-corrected chi connectivity index (χ0v) is 23.2. The van der Waals surface area contributed by atoms with Gasteiger partial charge in [-0.2, -0.15) is 0 Å². The van der Waals surface area contributed by atoms with Crippen LogP contribution in [0.4, 0.5) is 4.39 Å². The number of hydrogen-bond donors (Lipinski definition) is 0. The molecule has 0 N–H and O–H groups in total. The van der Waals surface area contributed by atoms with Crippen molar-refractivity contribution >= 4 is 55.2 Å². The van der Waals surface area contributed by atoms with Gasteiger partial charge in [-0.25, -0.2) is 9.37 Å². The van der Waals surface area contributed by atoms with E-state index in [2.05, 4.69) is 60.7 Å². The largest absolute Gasteiger partial charge is 0.291 e. The number of aryl methyl sites for hydroxylation is 2. The highest BCUT2D eigenvalue weighted by molar-refractivity contribution is 9.11. The molecule has 7 heteroatoms. The van der Waals surface area contributed by atoms with Crippen LogP contribution in [0.2, 0.25) is 5.02 Å². The molecule has 1 aromatic heterocycles. The van der Waals surface area contributed by atoms with E-state index in [-0.39, 0.29) is 11.7 Å². The number of benzene rings is 3. The lowest BCUT2D eigenvalue weighted by molar-refractivity contribution is 0.586. The molecular weight excluding hydrogens is 599 g/mol. The van der Waals surface area contributed by atoms with Gasteiger partial charge in [-0.3, -0.25) is 4.57 Å². The van der Waals surface area contributed by atoms with Gasteiger partial charge < -0.3 is 0 Å². The fourth-order valence-corrected chi connectivity index (χ4v) is 7.42. The molecule has 34 heavy (non-hydrogen) atoms. The van der Waals surface area contributed by atoms with Crippen molar-refractivity contribution < 1.29 is 4.39 Å². The first kappa shape index (κ1) is 24.1. The Bertz CT molecular complexity index is 1330. The molecule has 2 nitrogen and oxygen atoms in total. The van der Waals surface area contributed by atoms with Crippen molar-refractivity contribution in [2.75, 3.05) is 0 Å². The molecule has 0 radical (unpaired) electrons. The Balaban J connectivity index is 1.62. The number of thioether (sulfide) groups is 1. The smallest absolute Gasteiger partial charge is 0.173 e. The molecule has 174 valence electrons. The predicted octanol–water partition coefficient (Wildman–Crippen LogP) is 9.26. The van der Waals surface area contributed by atoms with Crippen LogP contribution < -0.4 is 0 Å². The molecule has 0 fully saturated rings. The van der Waals surface area contributed by atoms with Crippen molar-refractivity contribution in [1.29, 1.82) is 0 Å². The third kappa shape index (κ3) is 4.75. The summed E-state index contributed by atoms with van der Waals surface area (Å²) in [5.74, 6) is 0.722. The summed E-state index contributed by atoms with van der Waals surface area (Å²) in [6.45, 7) is 2.05. The molecule has 1 aliphatic rings. The molecule has 5 rings (SSSR count). The van der Waals surface area contributed by atoms with E-state index in [9.17, 15) is 4.39 Å². The topological polar surface area (TPSA) is 17.8 Å². The lowest BCUT2D eigenvalue weighted by atomic mass is 9.83. The Hall–Kier alpha value is -1.60. The molecule has 1 heterocycles. The van der Waals surface area contributed by atoms with Crippen LogP contribution in [0, 0.1) is 12.7 Å². The van der Waals surface area contributed by atoms with Crippen molar-refractivity contribution in [2.45, 2.75) is 43.0 Å². The molecule has 1 aliphatic carbocycles. The Morgan fingerprint density at radius 1 is 1.09 bits per heavy atom. The average molecular weight is 621 g/mol. The first-order chi connectivity index (χ1) is 16.4. The summed E-state index contributed by atoms with van der Waals surface area (Å²) >= 11 is 15.4. The van der Waals surface area contributed by atoms with Crippen LogP contribution in [0.5, 0.6) is 0 Å². The number of imidazole rings is 1. The minimum atomic E-state index is -0.242. The standard InChI is InChI=1S/C27H22Br2ClFN2S/c1-16-14-17(8-13-24(16)30)20-4-2-7-25-26(20)33(19-11-9-18(31)10-12-19)27(32-25)34-15-21-22(28)5-3-6-23(21)29/h3,5-6,8-14,20H,2,4,7,15H2,1H3. The summed E-state index contributed by atoms with van der Waals surface area (Å²) in [5.41, 5.74) is 6.77. The second-order valence-electron chi connectivity index (χ2n) is 8.48. The van der Waals surface area contributed by atoms with Crippen LogP contribution in [-0.4, -0.2) is 9.55 Å². The minimum Gasteiger partial charge on any atom is -0.291 e. The zero-order valence-electron chi connectivity index (χ0n) is 18.5. The van der Waals surface area contributed by atoms with Crippen molar-refractivity contribution in [3.8, 4) is 5.69 Å². The van der Waals surface area contributed by atoms with Gasteiger partial charge >= 0.3 is 0 Å². The van der Waals surface area contributed by atoms with Crippen molar-refractivity contribution in [1.82, 2.24) is 9.55 Å². The van der Waals surface area contributed by atoms with E-state index in [4.69, 9.17) is 16.6 Å². The molecule has 1 atom stereocenters. The molecule has 0 amide bonds. The molecule has 0 bridgehead atoms. The first-order valence-electron chi connectivity index (χ1n) is 11.1. The van der Waals surface area contributed by atoms with Crippen LogP contribution in [0.25, 0.3) is 5.69 Å². The molecule has 0 aliphatic heterocycles. The maximum atomic E-state index is 13.8. The molecule has 4 aromatic rings. The second kappa shape index (κ2) is 10.2. The summed E-state index contributed by atoms with van der Waals surface area (Å²) in [6.07, 6.45) is 3.07. The average Bonchev–Trinajstić information content (AvgIpc) is 3.19. The van der Waals surface area contributed by atoms with Gasteiger partial charge in [0.05, 0.1) is 11.4 Å². The lowest BCUT2D eigenvalue weighted by Gasteiger charge is -2.25. The Kier molecular flexibility index (Phi) is 7.22. The van der Waals surface area contributed by atoms with E-state index in [1.807, 2.05) is 31.2 Å². The van der Waals surface area contributed by atoms with Crippen molar-refractivity contribution in [3.63, 3.8) is 0 Å². The highest BCUT2D eigenvalue weighted by Crippen LogP contribution is 2.42. The fourth-order valence-electron chi connectivity index (χ4n) is 4.56. The van der Waals surface area contributed by atoms with Crippen LogP contribution in [0.1, 0.15) is 46.8 Å². The van der Waals surface area contributed by atoms with Gasteiger partial charge in [0.25, 0.3) is 0 Å². The molecule has 3 aromatic carbocycles. The molecule has 0 saturated heterocycles. The van der Waals surface area contributed by atoms with Gasteiger partial charge in [0.15, 0.2) is 5.16 Å². The fraction of sp³-hybridized carbons (Fsp3) is 0.222. The van der Waals surface area contributed by atoms with Gasteiger partial charge in [-0.05, 0) is 85.3 Å². The Morgan fingerprint density at radius 3 is 2.53 bits per heavy atom. The SMILES string of the molecule is Cc1cc(C2CCCc3nc(SCc4c(Br)cccc4Br)n(-c4ccc(F)cc4)c32)ccc1Cl. The van der Waals surface area contributed by atoms with Gasteiger partial charge in [-0.1, -0.05) is 73.4 Å². The third-order valence-electron chi connectivity index (χ3n) is 6.27. The Morgan fingerprint density at radius 2 is 1.82 bits per heavy atom. The lowest BCUT2D eigenvalue weighted by Crippen LogP contribution is -2.15. The summed E-state index contributed by atoms with van der Waals surface area (Å²) < 4.78 is 18.2. The summed E-state index contributed by atoms with van der Waals surface area (Å²) in [6, 6.07) is 19.1. The number of aromatic nitrogens is 2. The zero-order chi connectivity index (χ0) is 23.8. The molecule has 0 spiro atoms. The maximum absolute atomic E-state index is 13.8. The van der Waals surface area contributed by atoms with Gasteiger partial charge in [0, 0.05) is 31.3 Å². The van der Waals surface area contributed by atoms with Crippen molar-refractivity contribution in [3.05, 3.63) is 109 Å². The molecule has 1 unspecified atom stereocenters. The normalized spacial score (nSPS) is 15.4. The highest BCUT2D eigenvalue weighted by atomic mass is 79.9. The van der Waals surface area contributed by atoms with Crippen LogP contribution in [0.15, 0.2) is 74.8 Å². The van der Waals surface area contributed by atoms with Crippen LogP contribution in [0.3, 0.4) is 0 Å². The van der Waals surface area contributed by atoms with Crippen LogP contribution in [-0.2, 0) is 12.2 Å². The summed E-state index contributed by atoms with van der Waals surface area (Å²) in [7, 11) is 0. The summed E-state index contributed by atoms with van der Waals surface area (Å²) in [4.78, 5) is 5.12. The summed E-state index contributed by atoms with van der Waals surface area (Å²) in [5, 5.41) is 1.71. The quantitative estimate of drug-likeness (QED) is 0.207. The van der Waals surface area contributed by atoms with E-state index < -0.39 is 0 Å². The Labute approximate surface area is 225 Å². The second-order valence-corrected chi connectivity index (χ2v) is 11.5. The molecular formula is C27H22Br2ClFN2S. The third-order valence-corrected chi connectivity index (χ3v) is 9.15. The maximum Gasteiger partial charge on any atom is 0.173 e. The van der Waals surface area contributed by atoms with E-state index >= 15 is 0 Å².